The SMILES string of the molecule is NCC#Cc1cncc(C(=O)Nc2ccncc2F)c1. The molecule has 0 atom stereocenters. The summed E-state index contributed by atoms with van der Waals surface area (Å²) in [7, 11) is 0. The third-order valence-electron chi connectivity index (χ3n) is 2.36. The zero-order valence-electron chi connectivity index (χ0n) is 10.4. The van der Waals surface area contributed by atoms with Crippen molar-refractivity contribution in [2.24, 2.45) is 5.73 Å². The third kappa shape index (κ3) is 3.37. The van der Waals surface area contributed by atoms with Crippen LogP contribution in [0, 0.1) is 17.7 Å². The van der Waals surface area contributed by atoms with Crippen molar-refractivity contribution < 1.29 is 9.18 Å². The van der Waals surface area contributed by atoms with Gasteiger partial charge in [0.2, 0.25) is 0 Å². The van der Waals surface area contributed by atoms with Gasteiger partial charge in [0.15, 0.2) is 5.82 Å². The molecule has 0 aromatic carbocycles. The van der Waals surface area contributed by atoms with Gasteiger partial charge in [0.25, 0.3) is 5.91 Å². The fourth-order valence-corrected chi connectivity index (χ4v) is 1.46. The summed E-state index contributed by atoms with van der Waals surface area (Å²) in [5.41, 5.74) is 6.18. The van der Waals surface area contributed by atoms with Crippen molar-refractivity contribution in [3.63, 3.8) is 0 Å². The number of anilines is 1. The highest BCUT2D eigenvalue weighted by Crippen LogP contribution is 2.12. The fourth-order valence-electron chi connectivity index (χ4n) is 1.46. The van der Waals surface area contributed by atoms with Crippen LogP contribution in [-0.4, -0.2) is 22.4 Å². The molecule has 2 aromatic rings. The van der Waals surface area contributed by atoms with Crippen molar-refractivity contribution in [1.29, 1.82) is 0 Å². The fraction of sp³-hybridized carbons (Fsp3) is 0.0714. The molecule has 2 rings (SSSR count). The van der Waals surface area contributed by atoms with E-state index in [1.54, 1.807) is 6.07 Å². The number of rotatable bonds is 2. The number of aromatic nitrogens is 2. The Bertz CT molecular complexity index is 691. The maximum atomic E-state index is 13.4. The molecule has 2 aromatic heterocycles. The highest BCUT2D eigenvalue weighted by Gasteiger charge is 2.09. The minimum Gasteiger partial charge on any atom is -0.320 e. The lowest BCUT2D eigenvalue weighted by molar-refractivity contribution is 0.102. The van der Waals surface area contributed by atoms with Gasteiger partial charge in [0, 0.05) is 24.2 Å². The minimum atomic E-state index is -0.604. The highest BCUT2D eigenvalue weighted by molar-refractivity contribution is 6.04. The predicted molar refractivity (Wildman–Crippen MR) is 72.3 cm³/mol. The van der Waals surface area contributed by atoms with E-state index >= 15 is 0 Å². The van der Waals surface area contributed by atoms with Gasteiger partial charge in [-0.15, -0.1) is 0 Å². The van der Waals surface area contributed by atoms with Gasteiger partial charge in [0.1, 0.15) is 0 Å². The van der Waals surface area contributed by atoms with Gasteiger partial charge in [-0.3, -0.25) is 14.8 Å². The van der Waals surface area contributed by atoms with Crippen molar-refractivity contribution in [3.05, 3.63) is 53.9 Å². The van der Waals surface area contributed by atoms with Crippen LogP contribution in [0.4, 0.5) is 10.1 Å². The maximum Gasteiger partial charge on any atom is 0.257 e. The van der Waals surface area contributed by atoms with Crippen LogP contribution in [0.3, 0.4) is 0 Å². The molecule has 0 aliphatic rings. The Morgan fingerprint density at radius 3 is 2.95 bits per heavy atom. The number of hydrogen-bond acceptors (Lipinski definition) is 4. The number of carbonyl (C=O) groups excluding carboxylic acids is 1. The average Bonchev–Trinajstić information content (AvgIpc) is 2.48. The van der Waals surface area contributed by atoms with E-state index in [0.29, 0.717) is 5.56 Å². The van der Waals surface area contributed by atoms with Crippen LogP contribution in [0.25, 0.3) is 0 Å². The summed E-state index contributed by atoms with van der Waals surface area (Å²) in [6.07, 6.45) is 5.31. The lowest BCUT2D eigenvalue weighted by atomic mass is 10.2. The number of halogens is 1. The zero-order valence-corrected chi connectivity index (χ0v) is 10.4. The molecule has 0 bridgehead atoms. The van der Waals surface area contributed by atoms with Gasteiger partial charge < -0.3 is 11.1 Å². The molecule has 20 heavy (non-hydrogen) atoms. The van der Waals surface area contributed by atoms with Gasteiger partial charge in [-0.05, 0) is 12.1 Å². The van der Waals surface area contributed by atoms with Crippen LogP contribution in [0.1, 0.15) is 15.9 Å². The van der Waals surface area contributed by atoms with E-state index in [1.165, 1.54) is 24.7 Å². The Morgan fingerprint density at radius 1 is 1.35 bits per heavy atom. The summed E-state index contributed by atoms with van der Waals surface area (Å²) in [5, 5.41) is 2.44. The molecule has 0 saturated heterocycles. The van der Waals surface area contributed by atoms with E-state index < -0.39 is 11.7 Å². The Hall–Kier alpha value is -2.78. The molecular formula is C14H11FN4O. The standard InChI is InChI=1S/C14H11FN4O/c15-12-9-17-5-3-13(12)19-14(20)11-6-10(2-1-4-16)7-18-8-11/h3,5-9H,4,16H2,(H,17,19,20). The van der Waals surface area contributed by atoms with Crippen LogP contribution in [0.15, 0.2) is 36.9 Å². The zero-order chi connectivity index (χ0) is 14.4. The second-order valence-electron chi connectivity index (χ2n) is 3.78. The lowest BCUT2D eigenvalue weighted by Crippen LogP contribution is -2.13. The van der Waals surface area contributed by atoms with Crippen molar-refractivity contribution in [1.82, 2.24) is 9.97 Å². The van der Waals surface area contributed by atoms with Crippen molar-refractivity contribution in [2.45, 2.75) is 0 Å². The molecule has 5 nitrogen and oxygen atoms in total. The van der Waals surface area contributed by atoms with Crippen LogP contribution in [-0.2, 0) is 0 Å². The summed E-state index contributed by atoms with van der Waals surface area (Å²) < 4.78 is 13.4. The van der Waals surface area contributed by atoms with Crippen molar-refractivity contribution >= 4 is 11.6 Å². The number of carbonyl (C=O) groups is 1. The van der Waals surface area contributed by atoms with E-state index in [1.807, 2.05) is 0 Å². The Morgan fingerprint density at radius 2 is 2.20 bits per heavy atom. The van der Waals surface area contributed by atoms with E-state index in [9.17, 15) is 9.18 Å². The Labute approximate surface area is 115 Å². The third-order valence-corrected chi connectivity index (χ3v) is 2.36. The number of nitrogens with zero attached hydrogens (tertiary/aromatic N) is 2. The number of nitrogens with two attached hydrogens (primary N) is 1. The first kappa shape index (κ1) is 13.6. The number of amides is 1. The molecule has 0 spiro atoms. The van der Waals surface area contributed by atoms with E-state index in [4.69, 9.17) is 5.73 Å². The molecule has 100 valence electrons. The first-order chi connectivity index (χ1) is 9.70. The van der Waals surface area contributed by atoms with Crippen LogP contribution in [0.5, 0.6) is 0 Å². The van der Waals surface area contributed by atoms with Gasteiger partial charge in [-0.25, -0.2) is 4.39 Å². The number of pyridine rings is 2. The molecule has 0 fully saturated rings. The van der Waals surface area contributed by atoms with Crippen LogP contribution < -0.4 is 11.1 Å². The summed E-state index contributed by atoms with van der Waals surface area (Å²) in [5.74, 6) is 4.36. The molecule has 2 heterocycles. The molecule has 0 saturated carbocycles. The molecule has 0 aliphatic carbocycles. The van der Waals surface area contributed by atoms with Crippen molar-refractivity contribution in [3.8, 4) is 11.8 Å². The summed E-state index contributed by atoms with van der Waals surface area (Å²) in [4.78, 5) is 19.5. The topological polar surface area (TPSA) is 80.9 Å². The van der Waals surface area contributed by atoms with Gasteiger partial charge in [-0.2, -0.15) is 0 Å². The molecule has 3 N–H and O–H groups in total. The second-order valence-corrected chi connectivity index (χ2v) is 3.78. The smallest absolute Gasteiger partial charge is 0.257 e. The van der Waals surface area contributed by atoms with Gasteiger partial charge in [-0.1, -0.05) is 11.8 Å². The maximum absolute atomic E-state index is 13.4. The molecule has 1 amide bonds. The largest absolute Gasteiger partial charge is 0.320 e. The normalized spacial score (nSPS) is 9.50. The first-order valence-electron chi connectivity index (χ1n) is 5.75. The monoisotopic (exact) mass is 270 g/mol. The van der Waals surface area contributed by atoms with Crippen LogP contribution in [0.2, 0.25) is 0 Å². The lowest BCUT2D eigenvalue weighted by Gasteiger charge is -2.05. The minimum absolute atomic E-state index is 0.0587. The van der Waals surface area contributed by atoms with Gasteiger partial charge in [0.05, 0.1) is 24.0 Å². The molecular weight excluding hydrogens is 259 g/mol. The molecule has 0 radical (unpaired) electrons. The summed E-state index contributed by atoms with van der Waals surface area (Å²) in [6, 6.07) is 2.93. The van der Waals surface area contributed by atoms with E-state index in [2.05, 4.69) is 27.1 Å². The predicted octanol–water partition coefficient (Wildman–Crippen LogP) is 1.18. The summed E-state index contributed by atoms with van der Waals surface area (Å²) in [6.45, 7) is 0.221. The van der Waals surface area contributed by atoms with Gasteiger partial charge >= 0.3 is 0 Å². The molecule has 0 unspecified atom stereocenters. The molecule has 6 heteroatoms. The highest BCUT2D eigenvalue weighted by atomic mass is 19.1. The Balaban J connectivity index is 2.19. The van der Waals surface area contributed by atoms with Crippen molar-refractivity contribution in [2.75, 3.05) is 11.9 Å². The van der Waals surface area contributed by atoms with E-state index in [0.717, 1.165) is 6.20 Å². The van der Waals surface area contributed by atoms with Crippen LogP contribution >= 0.6 is 0 Å². The quantitative estimate of drug-likeness (QED) is 0.803. The number of hydrogen-bond donors (Lipinski definition) is 2. The Kier molecular flexibility index (Phi) is 4.37. The van der Waals surface area contributed by atoms with E-state index in [-0.39, 0.29) is 17.8 Å². The second kappa shape index (κ2) is 6.41. The number of nitrogens with one attached hydrogen (secondary N) is 1. The first-order valence-corrected chi connectivity index (χ1v) is 5.75. The average molecular weight is 270 g/mol. The summed E-state index contributed by atoms with van der Waals surface area (Å²) >= 11 is 0. The molecule has 0 aliphatic heterocycles.